The van der Waals surface area contributed by atoms with Crippen molar-refractivity contribution in [2.75, 3.05) is 13.1 Å². The molecule has 2 N–H and O–H groups in total. The number of nitrogens with one attached hydrogen (secondary N) is 2. The third kappa shape index (κ3) is 2.69. The van der Waals surface area contributed by atoms with Crippen LogP contribution in [0.4, 0.5) is 4.39 Å². The Morgan fingerprint density at radius 3 is 2.88 bits per heavy atom. The smallest absolute Gasteiger partial charge is 0.125 e. The number of hydrogen-bond acceptors (Lipinski definition) is 2. The minimum absolute atomic E-state index is 0.222. The molecule has 0 amide bonds. The number of H-pyrrole nitrogens is 1. The molecule has 4 aromatic rings. The normalized spacial score (nSPS) is 15.9. The highest BCUT2D eigenvalue weighted by molar-refractivity contribution is 5.97. The quantitative estimate of drug-likeness (QED) is 0.579. The van der Waals surface area contributed by atoms with Crippen LogP contribution in [0.1, 0.15) is 12.8 Å². The average Bonchev–Trinajstić information content (AvgIpc) is 3.26. The van der Waals surface area contributed by atoms with Crippen molar-refractivity contribution in [3.8, 4) is 11.1 Å². The van der Waals surface area contributed by atoms with Gasteiger partial charge in [0.2, 0.25) is 0 Å². The van der Waals surface area contributed by atoms with Gasteiger partial charge in [-0.3, -0.25) is 4.68 Å². The molecule has 0 spiro atoms. The standard InChI is InChI=1S/C21H21FN4/c22-17-2-3-18-19(12-24-20(18)10-17)15-1-4-21-16(9-15)11-25-26(21)13-14-5-7-23-8-6-14/h1-4,9-12,14,23-24H,5-8,13H2. The van der Waals surface area contributed by atoms with E-state index < -0.39 is 0 Å². The minimum atomic E-state index is -0.222. The van der Waals surface area contributed by atoms with E-state index in [0.717, 1.165) is 47.1 Å². The van der Waals surface area contributed by atoms with E-state index in [1.165, 1.54) is 30.5 Å². The van der Waals surface area contributed by atoms with Gasteiger partial charge in [-0.05, 0) is 67.7 Å². The molecule has 0 atom stereocenters. The minimum Gasteiger partial charge on any atom is -0.360 e. The van der Waals surface area contributed by atoms with Crippen LogP contribution >= 0.6 is 0 Å². The lowest BCUT2D eigenvalue weighted by Crippen LogP contribution is -2.30. The van der Waals surface area contributed by atoms with Gasteiger partial charge in [-0.15, -0.1) is 0 Å². The van der Waals surface area contributed by atoms with Crippen LogP contribution in [0, 0.1) is 11.7 Å². The third-order valence-electron chi connectivity index (χ3n) is 5.49. The van der Waals surface area contributed by atoms with Gasteiger partial charge in [0, 0.05) is 34.6 Å². The van der Waals surface area contributed by atoms with Gasteiger partial charge in [-0.1, -0.05) is 6.07 Å². The molecular weight excluding hydrogens is 327 g/mol. The summed E-state index contributed by atoms with van der Waals surface area (Å²) in [7, 11) is 0. The largest absolute Gasteiger partial charge is 0.360 e. The fourth-order valence-electron chi connectivity index (χ4n) is 4.05. The zero-order chi connectivity index (χ0) is 17.5. The van der Waals surface area contributed by atoms with Crippen LogP contribution < -0.4 is 5.32 Å². The first-order valence-corrected chi connectivity index (χ1v) is 9.21. The van der Waals surface area contributed by atoms with Gasteiger partial charge < -0.3 is 10.3 Å². The topological polar surface area (TPSA) is 45.6 Å². The number of halogens is 1. The fourth-order valence-corrected chi connectivity index (χ4v) is 4.05. The SMILES string of the molecule is Fc1ccc2c(-c3ccc4c(cnn4CC4CCNCC4)c3)c[nH]c2c1. The second-order valence-corrected chi connectivity index (χ2v) is 7.19. The van der Waals surface area contributed by atoms with E-state index in [4.69, 9.17) is 0 Å². The summed E-state index contributed by atoms with van der Waals surface area (Å²) in [4.78, 5) is 3.17. The van der Waals surface area contributed by atoms with Crippen molar-refractivity contribution in [2.24, 2.45) is 5.92 Å². The molecule has 1 aliphatic heterocycles. The fraction of sp³-hybridized carbons (Fsp3) is 0.286. The van der Waals surface area contributed by atoms with Gasteiger partial charge in [0.05, 0.1) is 11.7 Å². The van der Waals surface area contributed by atoms with Crippen molar-refractivity contribution in [1.82, 2.24) is 20.1 Å². The Morgan fingerprint density at radius 1 is 1.12 bits per heavy atom. The lowest BCUT2D eigenvalue weighted by atomic mass is 9.98. The number of hydrogen-bond donors (Lipinski definition) is 2. The highest BCUT2D eigenvalue weighted by Gasteiger charge is 2.15. The molecule has 2 aromatic heterocycles. The molecule has 5 rings (SSSR count). The highest BCUT2D eigenvalue weighted by Crippen LogP contribution is 2.31. The predicted octanol–water partition coefficient (Wildman–Crippen LogP) is 4.32. The molecule has 0 radical (unpaired) electrons. The zero-order valence-corrected chi connectivity index (χ0v) is 14.5. The van der Waals surface area contributed by atoms with Gasteiger partial charge in [0.1, 0.15) is 5.82 Å². The molecule has 0 saturated carbocycles. The predicted molar refractivity (Wildman–Crippen MR) is 103 cm³/mol. The molecule has 132 valence electrons. The molecular formula is C21H21FN4. The Morgan fingerprint density at radius 2 is 2.00 bits per heavy atom. The Kier molecular flexibility index (Phi) is 3.75. The van der Waals surface area contributed by atoms with Crippen molar-refractivity contribution in [3.05, 3.63) is 54.6 Å². The summed E-state index contributed by atoms with van der Waals surface area (Å²) in [6, 6.07) is 11.3. The van der Waals surface area contributed by atoms with E-state index in [-0.39, 0.29) is 5.82 Å². The molecule has 1 saturated heterocycles. The lowest BCUT2D eigenvalue weighted by Gasteiger charge is -2.22. The van der Waals surface area contributed by atoms with Gasteiger partial charge >= 0.3 is 0 Å². The molecule has 0 aliphatic carbocycles. The maximum Gasteiger partial charge on any atom is 0.125 e. The first-order chi connectivity index (χ1) is 12.8. The summed E-state index contributed by atoms with van der Waals surface area (Å²) in [5.41, 5.74) is 4.21. The van der Waals surface area contributed by atoms with Crippen LogP contribution in [0.3, 0.4) is 0 Å². The van der Waals surface area contributed by atoms with Crippen LogP contribution in [-0.2, 0) is 6.54 Å². The van der Waals surface area contributed by atoms with Crippen LogP contribution in [0.25, 0.3) is 32.9 Å². The van der Waals surface area contributed by atoms with Crippen LogP contribution in [0.2, 0.25) is 0 Å². The van der Waals surface area contributed by atoms with Crippen molar-refractivity contribution < 1.29 is 4.39 Å². The second kappa shape index (κ2) is 6.25. The third-order valence-corrected chi connectivity index (χ3v) is 5.49. The molecule has 1 aliphatic rings. The van der Waals surface area contributed by atoms with Crippen molar-refractivity contribution >= 4 is 21.8 Å². The molecule has 0 unspecified atom stereocenters. The molecule has 1 fully saturated rings. The molecule has 2 aromatic carbocycles. The second-order valence-electron chi connectivity index (χ2n) is 7.19. The van der Waals surface area contributed by atoms with E-state index in [9.17, 15) is 4.39 Å². The number of nitrogens with zero attached hydrogens (tertiary/aromatic N) is 2. The van der Waals surface area contributed by atoms with Crippen LogP contribution in [-0.4, -0.2) is 27.9 Å². The number of aromatic nitrogens is 3. The monoisotopic (exact) mass is 348 g/mol. The maximum atomic E-state index is 13.4. The van der Waals surface area contributed by atoms with E-state index in [2.05, 4.69) is 38.3 Å². The Hall–Kier alpha value is -2.66. The molecule has 26 heavy (non-hydrogen) atoms. The molecule has 5 heteroatoms. The number of fused-ring (bicyclic) bond motifs is 2. The van der Waals surface area contributed by atoms with Crippen LogP contribution in [0.15, 0.2) is 48.8 Å². The molecule has 3 heterocycles. The van der Waals surface area contributed by atoms with Gasteiger partial charge in [-0.2, -0.15) is 5.10 Å². The van der Waals surface area contributed by atoms with E-state index >= 15 is 0 Å². The zero-order valence-electron chi connectivity index (χ0n) is 14.5. The van der Waals surface area contributed by atoms with E-state index in [1.807, 2.05) is 18.5 Å². The maximum absolute atomic E-state index is 13.4. The van der Waals surface area contributed by atoms with Crippen molar-refractivity contribution in [2.45, 2.75) is 19.4 Å². The van der Waals surface area contributed by atoms with E-state index in [1.54, 1.807) is 0 Å². The molecule has 0 bridgehead atoms. The number of aromatic amines is 1. The van der Waals surface area contributed by atoms with Crippen molar-refractivity contribution in [1.29, 1.82) is 0 Å². The summed E-state index contributed by atoms with van der Waals surface area (Å²) in [5.74, 6) is 0.475. The van der Waals surface area contributed by atoms with Crippen molar-refractivity contribution in [3.63, 3.8) is 0 Å². The lowest BCUT2D eigenvalue weighted by molar-refractivity contribution is 0.325. The van der Waals surface area contributed by atoms with E-state index in [0.29, 0.717) is 5.92 Å². The first kappa shape index (κ1) is 15.6. The van der Waals surface area contributed by atoms with Gasteiger partial charge in [0.25, 0.3) is 0 Å². The summed E-state index contributed by atoms with van der Waals surface area (Å²) in [5, 5.41) is 10.2. The van der Waals surface area contributed by atoms with Crippen LogP contribution in [0.5, 0.6) is 0 Å². The Balaban J connectivity index is 1.50. The summed E-state index contributed by atoms with van der Waals surface area (Å²) >= 11 is 0. The first-order valence-electron chi connectivity index (χ1n) is 9.21. The van der Waals surface area contributed by atoms with Gasteiger partial charge in [-0.25, -0.2) is 4.39 Å². The summed E-state index contributed by atoms with van der Waals surface area (Å²) in [6.07, 6.45) is 6.33. The highest BCUT2D eigenvalue weighted by atomic mass is 19.1. The van der Waals surface area contributed by atoms with Gasteiger partial charge in [0.15, 0.2) is 0 Å². The Labute approximate surface area is 151 Å². The number of piperidine rings is 1. The number of benzene rings is 2. The Bertz CT molecular complexity index is 1070. The molecule has 4 nitrogen and oxygen atoms in total. The summed E-state index contributed by atoms with van der Waals surface area (Å²) < 4.78 is 15.6. The number of rotatable bonds is 3. The summed E-state index contributed by atoms with van der Waals surface area (Å²) in [6.45, 7) is 3.20. The average molecular weight is 348 g/mol.